The number of nitrogens with one attached hydrogen (secondary N) is 1. The molecule has 3 aromatic rings. The van der Waals surface area contributed by atoms with Crippen molar-refractivity contribution in [1.29, 1.82) is 0 Å². The second kappa shape index (κ2) is 8.15. The molecule has 8 nitrogen and oxygen atoms in total. The molecular formula is C18H18N2O6S2. The van der Waals surface area contributed by atoms with E-state index in [4.69, 9.17) is 14.9 Å². The number of carbonyl (C=O) groups is 1. The zero-order chi connectivity index (χ0) is 20.3. The van der Waals surface area contributed by atoms with E-state index in [9.17, 15) is 18.3 Å². The van der Waals surface area contributed by atoms with Crippen molar-refractivity contribution in [2.75, 3.05) is 13.7 Å². The highest BCUT2D eigenvalue weighted by Crippen LogP contribution is 2.29. The van der Waals surface area contributed by atoms with E-state index in [1.165, 1.54) is 30.6 Å². The molecule has 28 heavy (non-hydrogen) atoms. The predicted octanol–water partition coefficient (Wildman–Crippen LogP) is 2.13. The third-order valence-corrected chi connectivity index (χ3v) is 6.24. The van der Waals surface area contributed by atoms with Gasteiger partial charge in [0.15, 0.2) is 0 Å². The van der Waals surface area contributed by atoms with Crippen LogP contribution in [0.4, 0.5) is 0 Å². The number of aliphatic hydroxyl groups is 1. The molecule has 4 N–H and O–H groups in total. The lowest BCUT2D eigenvalue weighted by molar-refractivity contribution is 0.0997. The van der Waals surface area contributed by atoms with Crippen LogP contribution in [0.25, 0.3) is 10.6 Å². The van der Waals surface area contributed by atoms with E-state index in [0.29, 0.717) is 5.76 Å². The number of hydrogen-bond donors (Lipinski definition) is 3. The number of aliphatic hydroxyl groups excluding tert-OH is 1. The Balaban J connectivity index is 1.73. The summed E-state index contributed by atoms with van der Waals surface area (Å²) in [6.45, 7) is -0.308. The summed E-state index contributed by atoms with van der Waals surface area (Å²) < 4.78 is 37.9. The van der Waals surface area contributed by atoms with E-state index in [1.807, 2.05) is 17.5 Å². The van der Waals surface area contributed by atoms with Gasteiger partial charge in [-0.1, -0.05) is 6.07 Å². The lowest BCUT2D eigenvalue weighted by Gasteiger charge is -2.12. The maximum atomic E-state index is 12.5. The van der Waals surface area contributed by atoms with Gasteiger partial charge in [0.2, 0.25) is 10.0 Å². The molecule has 0 saturated carbocycles. The van der Waals surface area contributed by atoms with Crippen molar-refractivity contribution in [3.05, 3.63) is 59.2 Å². The van der Waals surface area contributed by atoms with Crippen LogP contribution in [0, 0.1) is 0 Å². The molecule has 0 spiro atoms. The molecule has 1 unspecified atom stereocenters. The molecule has 0 fully saturated rings. The Labute approximate surface area is 165 Å². The van der Waals surface area contributed by atoms with E-state index in [2.05, 4.69) is 4.72 Å². The molecule has 2 heterocycles. The highest BCUT2D eigenvalue weighted by atomic mass is 32.2. The summed E-state index contributed by atoms with van der Waals surface area (Å²) >= 11 is 1.49. The van der Waals surface area contributed by atoms with Crippen molar-refractivity contribution in [3.63, 3.8) is 0 Å². The third kappa shape index (κ3) is 4.25. The van der Waals surface area contributed by atoms with Gasteiger partial charge >= 0.3 is 0 Å². The van der Waals surface area contributed by atoms with E-state index < -0.39 is 22.0 Å². The Morgan fingerprint density at radius 2 is 2.11 bits per heavy atom. The Hall–Kier alpha value is -2.66. The van der Waals surface area contributed by atoms with Gasteiger partial charge in [0.25, 0.3) is 5.91 Å². The molecule has 0 aliphatic carbocycles. The Morgan fingerprint density at radius 1 is 1.32 bits per heavy atom. The van der Waals surface area contributed by atoms with Crippen molar-refractivity contribution < 1.29 is 27.5 Å². The minimum absolute atomic E-state index is 0.0578. The molecule has 3 rings (SSSR count). The van der Waals surface area contributed by atoms with Crippen LogP contribution >= 0.6 is 11.3 Å². The fourth-order valence-electron chi connectivity index (χ4n) is 2.50. The Bertz CT molecular complexity index is 1070. The molecule has 0 radical (unpaired) electrons. The number of furan rings is 1. The summed E-state index contributed by atoms with van der Waals surface area (Å²) in [7, 11) is -2.65. The van der Waals surface area contributed by atoms with Crippen molar-refractivity contribution >= 4 is 27.3 Å². The van der Waals surface area contributed by atoms with E-state index in [-0.39, 0.29) is 28.5 Å². The van der Waals surface area contributed by atoms with E-state index >= 15 is 0 Å². The first-order chi connectivity index (χ1) is 13.3. The number of benzene rings is 1. The molecule has 1 atom stereocenters. The number of carbonyl (C=O) groups excluding carboxylic acids is 1. The van der Waals surface area contributed by atoms with Gasteiger partial charge in [0.1, 0.15) is 23.4 Å². The van der Waals surface area contributed by atoms with Crippen LogP contribution in [0.15, 0.2) is 57.2 Å². The lowest BCUT2D eigenvalue weighted by Crippen LogP contribution is -2.28. The highest BCUT2D eigenvalue weighted by Gasteiger charge is 2.21. The summed E-state index contributed by atoms with van der Waals surface area (Å²) in [5.74, 6) is 0.181. The van der Waals surface area contributed by atoms with E-state index in [1.54, 1.807) is 12.1 Å². The minimum Gasteiger partial charge on any atom is -0.496 e. The zero-order valence-electron chi connectivity index (χ0n) is 14.8. The van der Waals surface area contributed by atoms with Gasteiger partial charge < -0.3 is 20.0 Å². The number of hydrogen-bond acceptors (Lipinski definition) is 7. The van der Waals surface area contributed by atoms with Gasteiger partial charge in [-0.15, -0.1) is 11.3 Å². The van der Waals surface area contributed by atoms with Crippen molar-refractivity contribution in [1.82, 2.24) is 4.72 Å². The number of sulfonamides is 1. The first-order valence-electron chi connectivity index (χ1n) is 8.11. The molecule has 10 heteroatoms. The van der Waals surface area contributed by atoms with E-state index in [0.717, 1.165) is 10.9 Å². The lowest BCUT2D eigenvalue weighted by atomic mass is 10.2. The molecule has 148 valence electrons. The van der Waals surface area contributed by atoms with Crippen LogP contribution in [0.2, 0.25) is 0 Å². The second-order valence-corrected chi connectivity index (χ2v) is 8.49. The highest BCUT2D eigenvalue weighted by molar-refractivity contribution is 7.89. The third-order valence-electron chi connectivity index (χ3n) is 3.93. The monoisotopic (exact) mass is 422 g/mol. The van der Waals surface area contributed by atoms with Gasteiger partial charge in [-0.2, -0.15) is 0 Å². The first-order valence-corrected chi connectivity index (χ1v) is 10.5. The number of primary amides is 1. The van der Waals surface area contributed by atoms with Crippen LogP contribution < -0.4 is 15.2 Å². The van der Waals surface area contributed by atoms with Crippen molar-refractivity contribution in [3.8, 4) is 16.4 Å². The average Bonchev–Trinajstić information content (AvgIpc) is 3.36. The number of methoxy groups -OCH3 is 1. The number of ether oxygens (including phenoxy) is 1. The fraction of sp³-hybridized carbons (Fsp3) is 0.167. The van der Waals surface area contributed by atoms with Crippen molar-refractivity contribution in [2.45, 2.75) is 11.0 Å². The molecule has 0 aliphatic rings. The average molecular weight is 422 g/mol. The quantitative estimate of drug-likeness (QED) is 0.509. The minimum atomic E-state index is -3.99. The number of amides is 1. The summed E-state index contributed by atoms with van der Waals surface area (Å²) in [5, 5.41) is 12.2. The smallest absolute Gasteiger partial charge is 0.252 e. The maximum absolute atomic E-state index is 12.5. The Morgan fingerprint density at radius 3 is 2.75 bits per heavy atom. The largest absolute Gasteiger partial charge is 0.496 e. The van der Waals surface area contributed by atoms with Crippen molar-refractivity contribution in [2.24, 2.45) is 5.73 Å². The fourth-order valence-corrected chi connectivity index (χ4v) is 4.25. The molecular weight excluding hydrogens is 404 g/mol. The molecule has 1 amide bonds. The van der Waals surface area contributed by atoms with Crippen LogP contribution in [-0.2, 0) is 10.0 Å². The molecule has 0 bridgehead atoms. The van der Waals surface area contributed by atoms with Crippen LogP contribution in [0.5, 0.6) is 5.75 Å². The molecule has 0 aliphatic heterocycles. The normalized spacial score (nSPS) is 12.6. The summed E-state index contributed by atoms with van der Waals surface area (Å²) in [5.41, 5.74) is 5.20. The summed E-state index contributed by atoms with van der Waals surface area (Å²) in [4.78, 5) is 12.2. The summed E-state index contributed by atoms with van der Waals surface area (Å²) in [6, 6.07) is 10.8. The van der Waals surface area contributed by atoms with Gasteiger partial charge in [-0.05, 0) is 41.8 Å². The van der Waals surface area contributed by atoms with Crippen LogP contribution in [0.3, 0.4) is 0 Å². The number of nitrogens with two attached hydrogens (primary N) is 1. The van der Waals surface area contributed by atoms with Gasteiger partial charge in [-0.3, -0.25) is 4.79 Å². The number of thiophene rings is 1. The van der Waals surface area contributed by atoms with Gasteiger partial charge in [0, 0.05) is 6.54 Å². The van der Waals surface area contributed by atoms with Crippen LogP contribution in [0.1, 0.15) is 22.2 Å². The predicted molar refractivity (Wildman–Crippen MR) is 104 cm³/mol. The molecule has 2 aromatic heterocycles. The first kappa shape index (κ1) is 20.1. The zero-order valence-corrected chi connectivity index (χ0v) is 16.4. The molecule has 1 aromatic carbocycles. The van der Waals surface area contributed by atoms with Gasteiger partial charge in [0.05, 0.1) is 22.4 Å². The standard InChI is InChI=1S/C18H18N2O6S2/c1-25-14-5-4-11(9-12(14)18(19)22)28(23,24)20-10-13(21)15-6-7-16(26-15)17-3-2-8-27-17/h2-9,13,20-21H,10H2,1H3,(H2,19,22). The summed E-state index contributed by atoms with van der Waals surface area (Å²) in [6.07, 6.45) is -1.18. The SMILES string of the molecule is COc1ccc(S(=O)(=O)NCC(O)c2ccc(-c3cccs3)o2)cc1C(N)=O. The van der Waals surface area contributed by atoms with Crippen LogP contribution in [-0.4, -0.2) is 33.1 Å². The molecule has 0 saturated heterocycles. The topological polar surface area (TPSA) is 132 Å². The van der Waals surface area contributed by atoms with Gasteiger partial charge in [-0.25, -0.2) is 13.1 Å². The second-order valence-electron chi connectivity index (χ2n) is 5.77. The number of rotatable bonds is 8. The Kier molecular flexibility index (Phi) is 5.84. The maximum Gasteiger partial charge on any atom is 0.252 e.